The first kappa shape index (κ1) is 16.8. The van der Waals surface area contributed by atoms with Crippen LogP contribution in [0.2, 0.25) is 0 Å². The van der Waals surface area contributed by atoms with Gasteiger partial charge in [-0.3, -0.25) is 0 Å². The molecule has 1 N–H and O–H groups in total. The van der Waals surface area contributed by atoms with Crippen molar-refractivity contribution in [2.75, 3.05) is 0 Å². The lowest BCUT2D eigenvalue weighted by molar-refractivity contribution is 0.175. The molecule has 0 aliphatic heterocycles. The molecule has 0 saturated heterocycles. The molecular formula is C19H28O. The summed E-state index contributed by atoms with van der Waals surface area (Å²) in [5.74, 6) is 6.19. The van der Waals surface area contributed by atoms with Gasteiger partial charge >= 0.3 is 0 Å². The number of aliphatic hydroxyl groups excluding tert-OH is 1. The minimum Gasteiger partial charge on any atom is -0.380 e. The van der Waals surface area contributed by atoms with Crippen molar-refractivity contribution in [2.24, 2.45) is 5.92 Å². The molecule has 0 heterocycles. The standard InChI is InChI=1S/C19H28O/c1-15(2)18-14-13-17(4)11-8-10-16(3)9-6-5-7-12-19(18)20/h9,11,18-20H,1,5-6,8,10,13-14H2,2-4H3/b16-9+,17-11+/t18?,19-/m0/s1. The van der Waals surface area contributed by atoms with Crippen molar-refractivity contribution in [3.8, 4) is 11.8 Å². The highest BCUT2D eigenvalue weighted by Crippen LogP contribution is 2.22. The quantitative estimate of drug-likeness (QED) is 0.537. The molecule has 1 rings (SSSR count). The van der Waals surface area contributed by atoms with Crippen molar-refractivity contribution in [1.29, 1.82) is 0 Å². The molecule has 110 valence electrons. The van der Waals surface area contributed by atoms with Gasteiger partial charge in [0.05, 0.1) is 0 Å². The Bertz CT molecular complexity index is 442. The van der Waals surface area contributed by atoms with Crippen LogP contribution in [-0.2, 0) is 0 Å². The monoisotopic (exact) mass is 272 g/mol. The fraction of sp³-hybridized carbons (Fsp3) is 0.579. The third kappa shape index (κ3) is 6.26. The second-order valence-electron chi connectivity index (χ2n) is 5.94. The van der Waals surface area contributed by atoms with Crippen LogP contribution in [0.3, 0.4) is 0 Å². The van der Waals surface area contributed by atoms with Crippen LogP contribution >= 0.6 is 0 Å². The topological polar surface area (TPSA) is 20.2 Å². The van der Waals surface area contributed by atoms with E-state index in [0.717, 1.165) is 44.1 Å². The van der Waals surface area contributed by atoms with Gasteiger partial charge in [0.25, 0.3) is 0 Å². The van der Waals surface area contributed by atoms with E-state index in [1.807, 2.05) is 6.92 Å². The number of allylic oxidation sites excluding steroid dienone is 4. The fourth-order valence-corrected chi connectivity index (χ4v) is 2.48. The second-order valence-corrected chi connectivity index (χ2v) is 5.94. The van der Waals surface area contributed by atoms with E-state index in [1.54, 1.807) is 0 Å². The molecule has 0 aromatic carbocycles. The van der Waals surface area contributed by atoms with E-state index in [4.69, 9.17) is 0 Å². The molecule has 0 aromatic heterocycles. The number of hydrogen-bond donors (Lipinski definition) is 1. The zero-order valence-electron chi connectivity index (χ0n) is 13.2. The molecule has 0 saturated carbocycles. The van der Waals surface area contributed by atoms with Crippen LogP contribution in [0, 0.1) is 17.8 Å². The summed E-state index contributed by atoms with van der Waals surface area (Å²) in [7, 11) is 0. The Morgan fingerprint density at radius 1 is 1.20 bits per heavy atom. The molecule has 1 aliphatic carbocycles. The summed E-state index contributed by atoms with van der Waals surface area (Å²) in [5.41, 5.74) is 3.87. The zero-order valence-corrected chi connectivity index (χ0v) is 13.2. The Hall–Kier alpha value is -1.26. The molecule has 0 spiro atoms. The second kappa shape index (κ2) is 8.82. The Morgan fingerprint density at radius 3 is 2.55 bits per heavy atom. The van der Waals surface area contributed by atoms with Gasteiger partial charge in [-0.25, -0.2) is 0 Å². The van der Waals surface area contributed by atoms with Crippen LogP contribution in [0.4, 0.5) is 0 Å². The average molecular weight is 272 g/mol. The van der Waals surface area contributed by atoms with E-state index in [9.17, 15) is 5.11 Å². The minimum atomic E-state index is -0.576. The van der Waals surface area contributed by atoms with E-state index in [1.165, 1.54) is 11.1 Å². The van der Waals surface area contributed by atoms with Crippen molar-refractivity contribution >= 4 is 0 Å². The molecule has 0 radical (unpaired) electrons. The lowest BCUT2D eigenvalue weighted by Crippen LogP contribution is -2.19. The van der Waals surface area contributed by atoms with E-state index in [0.29, 0.717) is 0 Å². The van der Waals surface area contributed by atoms with Crippen molar-refractivity contribution in [3.05, 3.63) is 35.5 Å². The highest BCUT2D eigenvalue weighted by molar-refractivity contribution is 5.15. The summed E-state index contributed by atoms with van der Waals surface area (Å²) in [6.45, 7) is 10.4. The number of aliphatic hydroxyl groups is 1. The number of hydrogen-bond acceptors (Lipinski definition) is 1. The highest BCUT2D eigenvalue weighted by Gasteiger charge is 2.17. The summed E-state index contributed by atoms with van der Waals surface area (Å²) in [5, 5.41) is 10.2. The molecule has 20 heavy (non-hydrogen) atoms. The maximum Gasteiger partial charge on any atom is 0.121 e. The van der Waals surface area contributed by atoms with Gasteiger partial charge in [-0.05, 0) is 52.9 Å². The summed E-state index contributed by atoms with van der Waals surface area (Å²) in [6.07, 6.45) is 10.0. The highest BCUT2D eigenvalue weighted by atomic mass is 16.3. The molecule has 0 amide bonds. The summed E-state index contributed by atoms with van der Waals surface area (Å²) < 4.78 is 0. The maximum absolute atomic E-state index is 10.2. The van der Waals surface area contributed by atoms with Gasteiger partial charge in [0.15, 0.2) is 0 Å². The lowest BCUT2D eigenvalue weighted by atomic mass is 9.89. The normalized spacial score (nSPS) is 30.8. The minimum absolute atomic E-state index is 0.0890. The molecule has 1 heteroatoms. The zero-order chi connectivity index (χ0) is 15.0. The van der Waals surface area contributed by atoms with Gasteiger partial charge in [0.1, 0.15) is 6.10 Å². The molecule has 0 aromatic rings. The molecule has 0 bridgehead atoms. The predicted molar refractivity (Wildman–Crippen MR) is 87.3 cm³/mol. The Morgan fingerprint density at radius 2 is 1.85 bits per heavy atom. The third-order valence-electron chi connectivity index (χ3n) is 3.91. The van der Waals surface area contributed by atoms with Gasteiger partial charge in [0, 0.05) is 12.3 Å². The van der Waals surface area contributed by atoms with Crippen molar-refractivity contribution in [2.45, 2.75) is 65.4 Å². The SMILES string of the molecule is C=C(C)C1CC/C(C)=C/CC/C(C)=C/CCC#C[C@@H]1O. The van der Waals surface area contributed by atoms with Crippen LogP contribution < -0.4 is 0 Å². The van der Waals surface area contributed by atoms with Gasteiger partial charge in [0.2, 0.25) is 0 Å². The molecule has 0 fully saturated rings. The van der Waals surface area contributed by atoms with E-state index < -0.39 is 6.10 Å². The Labute approximate surface area is 124 Å². The van der Waals surface area contributed by atoms with E-state index in [-0.39, 0.29) is 5.92 Å². The summed E-state index contributed by atoms with van der Waals surface area (Å²) in [6, 6.07) is 0. The van der Waals surface area contributed by atoms with Crippen molar-refractivity contribution < 1.29 is 5.11 Å². The first-order valence-corrected chi connectivity index (χ1v) is 7.64. The number of rotatable bonds is 1. The average Bonchev–Trinajstić information content (AvgIpc) is 2.37. The van der Waals surface area contributed by atoms with Gasteiger partial charge in [-0.15, -0.1) is 5.92 Å². The first-order chi connectivity index (χ1) is 9.50. The fourth-order valence-electron chi connectivity index (χ4n) is 2.48. The maximum atomic E-state index is 10.2. The molecular weight excluding hydrogens is 244 g/mol. The van der Waals surface area contributed by atoms with Crippen molar-refractivity contribution in [3.63, 3.8) is 0 Å². The van der Waals surface area contributed by atoms with Crippen LogP contribution in [0.5, 0.6) is 0 Å². The Kier molecular flexibility index (Phi) is 7.41. The summed E-state index contributed by atoms with van der Waals surface area (Å²) in [4.78, 5) is 0. The molecule has 1 nitrogen and oxygen atoms in total. The van der Waals surface area contributed by atoms with Crippen LogP contribution in [0.25, 0.3) is 0 Å². The smallest absolute Gasteiger partial charge is 0.121 e. The predicted octanol–water partition coefficient (Wildman–Crippen LogP) is 4.79. The largest absolute Gasteiger partial charge is 0.380 e. The molecule has 1 aliphatic rings. The van der Waals surface area contributed by atoms with E-state index >= 15 is 0 Å². The first-order valence-electron chi connectivity index (χ1n) is 7.64. The molecule has 2 atom stereocenters. The van der Waals surface area contributed by atoms with Crippen LogP contribution in [-0.4, -0.2) is 11.2 Å². The van der Waals surface area contributed by atoms with Gasteiger partial charge < -0.3 is 5.11 Å². The van der Waals surface area contributed by atoms with Gasteiger partial charge in [-0.1, -0.05) is 41.4 Å². The van der Waals surface area contributed by atoms with Crippen LogP contribution in [0.1, 0.15) is 59.3 Å². The lowest BCUT2D eigenvalue weighted by Gasteiger charge is -2.19. The Balaban J connectivity index is 2.83. The molecule has 1 unspecified atom stereocenters. The summed E-state index contributed by atoms with van der Waals surface area (Å²) >= 11 is 0. The van der Waals surface area contributed by atoms with E-state index in [2.05, 4.69) is 44.4 Å². The van der Waals surface area contributed by atoms with Gasteiger partial charge in [-0.2, -0.15) is 0 Å². The van der Waals surface area contributed by atoms with Crippen LogP contribution in [0.15, 0.2) is 35.5 Å². The van der Waals surface area contributed by atoms with Crippen molar-refractivity contribution in [1.82, 2.24) is 0 Å². The third-order valence-corrected chi connectivity index (χ3v) is 3.91.